The molecule has 0 heterocycles. The lowest BCUT2D eigenvalue weighted by atomic mass is 10.3. The number of benzene rings is 1. The molecule has 0 aromatic heterocycles. The van der Waals surface area contributed by atoms with E-state index in [-0.39, 0.29) is 11.8 Å². The first-order chi connectivity index (χ1) is 9.10. The average molecular weight is 275 g/mol. The summed E-state index contributed by atoms with van der Waals surface area (Å²) in [6.45, 7) is 2.07. The number of carbonyl (C=O) groups is 1. The van der Waals surface area contributed by atoms with Crippen molar-refractivity contribution in [1.82, 2.24) is 0 Å². The van der Waals surface area contributed by atoms with Gasteiger partial charge in [-0.15, -0.1) is 11.8 Å². The number of carbonyl (C=O) groups excluding carboxylic acids is 1. The van der Waals surface area contributed by atoms with Gasteiger partial charge in [0.15, 0.2) is 0 Å². The minimum absolute atomic E-state index is 0.0272. The molecule has 100 valence electrons. The second-order valence-corrected chi connectivity index (χ2v) is 5.49. The number of anilines is 1. The van der Waals surface area contributed by atoms with Gasteiger partial charge in [-0.1, -0.05) is 6.92 Å². The molecule has 2 rings (SSSR count). The van der Waals surface area contributed by atoms with Gasteiger partial charge in [-0.3, -0.25) is 9.79 Å². The van der Waals surface area contributed by atoms with E-state index in [1.54, 1.807) is 18.3 Å². The van der Waals surface area contributed by atoms with Crippen LogP contribution in [0.4, 0.5) is 11.4 Å². The molecule has 1 amide bonds. The Morgan fingerprint density at radius 3 is 2.58 bits per heavy atom. The fourth-order valence-corrected chi connectivity index (χ4v) is 2.01. The van der Waals surface area contributed by atoms with E-state index in [1.165, 1.54) is 11.8 Å². The van der Waals surface area contributed by atoms with Crippen LogP contribution in [-0.2, 0) is 4.79 Å². The number of hydrogen-bond donors (Lipinski definition) is 1. The van der Waals surface area contributed by atoms with Gasteiger partial charge >= 0.3 is 0 Å². The van der Waals surface area contributed by atoms with Crippen LogP contribution in [0, 0.1) is 11.8 Å². The molecule has 1 saturated carbocycles. The quantitative estimate of drug-likeness (QED) is 0.524. The van der Waals surface area contributed by atoms with Crippen molar-refractivity contribution in [2.45, 2.75) is 13.3 Å². The highest BCUT2D eigenvalue weighted by Gasteiger charge is 2.39. The van der Waals surface area contributed by atoms with Crippen molar-refractivity contribution in [3.05, 3.63) is 24.3 Å². The topological polar surface area (TPSA) is 67.8 Å². The normalized spacial score (nSPS) is 22.7. The molecule has 0 bridgehead atoms. The number of amides is 1. The van der Waals surface area contributed by atoms with Gasteiger partial charge in [-0.2, -0.15) is 0 Å². The second kappa shape index (κ2) is 6.02. The monoisotopic (exact) mass is 275 g/mol. The summed E-state index contributed by atoms with van der Waals surface area (Å²) in [5, 5.41) is 0.640. The van der Waals surface area contributed by atoms with Gasteiger partial charge in [0.2, 0.25) is 5.91 Å². The molecule has 1 unspecified atom stereocenters. The van der Waals surface area contributed by atoms with E-state index in [4.69, 9.17) is 5.73 Å². The first kappa shape index (κ1) is 13.8. The molecule has 1 aromatic rings. The number of rotatable bonds is 3. The first-order valence-corrected chi connectivity index (χ1v) is 7.38. The molecule has 4 nitrogen and oxygen atoms in total. The fraction of sp³-hybridized carbons (Fsp3) is 0.357. The summed E-state index contributed by atoms with van der Waals surface area (Å²) in [5.41, 5.74) is 7.10. The van der Waals surface area contributed by atoms with Crippen LogP contribution in [0.15, 0.2) is 34.3 Å². The van der Waals surface area contributed by atoms with Crippen molar-refractivity contribution >= 4 is 40.3 Å². The van der Waals surface area contributed by atoms with E-state index in [2.05, 4.69) is 16.9 Å². The molecule has 1 fully saturated rings. The number of hydrogen-bond acceptors (Lipinski definition) is 4. The van der Waals surface area contributed by atoms with Crippen LogP contribution >= 0.6 is 11.8 Å². The summed E-state index contributed by atoms with van der Waals surface area (Å²) in [6, 6.07) is 7.24. The van der Waals surface area contributed by atoms with Gasteiger partial charge in [0, 0.05) is 11.6 Å². The minimum Gasteiger partial charge on any atom is -0.399 e. The van der Waals surface area contributed by atoms with Crippen LogP contribution in [0.2, 0.25) is 0 Å². The Balaban J connectivity index is 2.04. The first-order valence-electron chi connectivity index (χ1n) is 6.16. The molecule has 1 aliphatic rings. The third kappa shape index (κ3) is 3.92. The molecule has 1 aromatic carbocycles. The minimum atomic E-state index is -0.0272. The van der Waals surface area contributed by atoms with Crippen LogP contribution in [0.5, 0.6) is 0 Å². The number of nitrogen functional groups attached to an aromatic ring is 1. The fourth-order valence-electron chi connectivity index (χ4n) is 1.68. The highest BCUT2D eigenvalue weighted by molar-refractivity contribution is 8.15. The Hall–Kier alpha value is -1.62. The summed E-state index contributed by atoms with van der Waals surface area (Å²) >= 11 is 1.42. The van der Waals surface area contributed by atoms with Crippen LogP contribution in [0.3, 0.4) is 0 Å². The predicted molar refractivity (Wildman–Crippen MR) is 82.2 cm³/mol. The number of nitrogens with zero attached hydrogens (tertiary/aromatic N) is 2. The molecule has 0 spiro atoms. The predicted octanol–water partition coefficient (Wildman–Crippen LogP) is 2.92. The van der Waals surface area contributed by atoms with Gasteiger partial charge in [-0.05, 0) is 42.9 Å². The van der Waals surface area contributed by atoms with E-state index in [1.807, 2.05) is 18.4 Å². The van der Waals surface area contributed by atoms with Crippen LogP contribution in [0.25, 0.3) is 0 Å². The van der Waals surface area contributed by atoms with E-state index in [0.717, 1.165) is 12.1 Å². The Morgan fingerprint density at radius 1 is 1.42 bits per heavy atom. The summed E-state index contributed by atoms with van der Waals surface area (Å²) in [5.74, 6) is 0.570. The van der Waals surface area contributed by atoms with Crippen LogP contribution in [0.1, 0.15) is 13.3 Å². The summed E-state index contributed by atoms with van der Waals surface area (Å²) < 4.78 is 0. The van der Waals surface area contributed by atoms with Crippen LogP contribution in [-0.4, -0.2) is 23.4 Å². The zero-order chi connectivity index (χ0) is 13.8. The molecule has 1 aliphatic carbocycles. The highest BCUT2D eigenvalue weighted by atomic mass is 32.2. The molecule has 0 saturated heterocycles. The number of thioether (sulfide) groups is 1. The van der Waals surface area contributed by atoms with Crippen LogP contribution < -0.4 is 5.73 Å². The van der Waals surface area contributed by atoms with Crippen molar-refractivity contribution in [2.24, 2.45) is 21.8 Å². The second-order valence-electron chi connectivity index (χ2n) is 4.66. The molecule has 0 radical (unpaired) electrons. The van der Waals surface area contributed by atoms with E-state index >= 15 is 0 Å². The molecule has 19 heavy (non-hydrogen) atoms. The molecule has 2 atom stereocenters. The number of aliphatic imine (C=N–C) groups is 2. The Labute approximate surface area is 117 Å². The lowest BCUT2D eigenvalue weighted by molar-refractivity contribution is -0.119. The summed E-state index contributed by atoms with van der Waals surface area (Å²) in [4.78, 5) is 20.2. The Kier molecular flexibility index (Phi) is 4.37. The Morgan fingerprint density at radius 2 is 2.05 bits per heavy atom. The van der Waals surface area contributed by atoms with Crippen molar-refractivity contribution in [3.63, 3.8) is 0 Å². The third-order valence-corrected chi connectivity index (χ3v) is 3.69. The van der Waals surface area contributed by atoms with Gasteiger partial charge in [0.25, 0.3) is 0 Å². The van der Waals surface area contributed by atoms with Gasteiger partial charge in [0.1, 0.15) is 5.04 Å². The molecule has 2 N–H and O–H groups in total. The molecule has 0 aliphatic heterocycles. The molecule has 5 heteroatoms. The lowest BCUT2D eigenvalue weighted by Crippen LogP contribution is -2.03. The van der Waals surface area contributed by atoms with E-state index in [0.29, 0.717) is 16.6 Å². The summed E-state index contributed by atoms with van der Waals surface area (Å²) in [6.07, 6.45) is 4.47. The van der Waals surface area contributed by atoms with E-state index < -0.39 is 0 Å². The largest absolute Gasteiger partial charge is 0.399 e. The van der Waals surface area contributed by atoms with Crippen molar-refractivity contribution in [3.8, 4) is 0 Å². The molecular formula is C14H17N3OS. The third-order valence-electron chi connectivity index (χ3n) is 3.07. The highest BCUT2D eigenvalue weighted by Crippen LogP contribution is 2.38. The number of nitrogens with two attached hydrogens (primary N) is 1. The maximum Gasteiger partial charge on any atom is 0.250 e. The lowest BCUT2D eigenvalue weighted by Gasteiger charge is -1.97. The smallest absolute Gasteiger partial charge is 0.250 e. The van der Waals surface area contributed by atoms with Gasteiger partial charge in [-0.25, -0.2) is 4.99 Å². The van der Waals surface area contributed by atoms with Crippen molar-refractivity contribution in [2.75, 3.05) is 12.0 Å². The maximum atomic E-state index is 11.8. The summed E-state index contributed by atoms with van der Waals surface area (Å²) in [7, 11) is 0. The SMILES string of the molecule is CSC(/C=N/c1ccc(N)cc1)=N\C(=O)C1C[C@@H]1C. The standard InChI is InChI=1S/C14H17N3OS/c1-9-7-12(9)14(18)17-13(19-2)8-16-11-5-3-10(15)4-6-11/h3-6,8-9,12H,7,15H2,1-2H3/b16-8+,17-13-/t9-,12?/m0/s1. The maximum absolute atomic E-state index is 11.8. The zero-order valence-corrected chi connectivity index (χ0v) is 11.9. The van der Waals surface area contributed by atoms with Crippen molar-refractivity contribution < 1.29 is 4.79 Å². The Bertz CT molecular complexity index is 522. The average Bonchev–Trinajstić information content (AvgIpc) is 3.13. The van der Waals surface area contributed by atoms with Crippen molar-refractivity contribution in [1.29, 1.82) is 0 Å². The van der Waals surface area contributed by atoms with E-state index in [9.17, 15) is 4.79 Å². The van der Waals surface area contributed by atoms with Gasteiger partial charge in [0.05, 0.1) is 11.9 Å². The van der Waals surface area contributed by atoms with Gasteiger partial charge < -0.3 is 5.73 Å². The zero-order valence-electron chi connectivity index (χ0n) is 11.0. The molecular weight excluding hydrogens is 258 g/mol.